The van der Waals surface area contributed by atoms with E-state index in [0.717, 1.165) is 21.9 Å². The minimum Gasteiger partial charge on any atom is -0.283 e. The lowest BCUT2D eigenvalue weighted by molar-refractivity contribution is 0.520. The van der Waals surface area contributed by atoms with Gasteiger partial charge in [-0.25, -0.2) is 21.1 Å². The Hall–Kier alpha value is -1.90. The molecule has 0 saturated heterocycles. The van der Waals surface area contributed by atoms with Gasteiger partial charge >= 0.3 is 0 Å². The highest BCUT2D eigenvalue weighted by atomic mass is 32.2. The number of rotatable bonds is 8. The number of hydrogen-bond acceptors (Lipinski definition) is 4. The van der Waals surface area contributed by atoms with Crippen molar-refractivity contribution in [2.75, 3.05) is 24.6 Å². The molecule has 0 aliphatic rings. The van der Waals surface area contributed by atoms with Crippen molar-refractivity contribution >= 4 is 25.7 Å². The molecule has 0 unspecified atom stereocenters. The van der Waals surface area contributed by atoms with E-state index in [1.165, 1.54) is 26.2 Å². The number of para-hydroxylation sites is 1. The quantitative estimate of drug-likeness (QED) is 0.743. The zero-order chi connectivity index (χ0) is 19.4. The molecule has 0 bridgehead atoms. The van der Waals surface area contributed by atoms with E-state index >= 15 is 0 Å². The van der Waals surface area contributed by atoms with Crippen LogP contribution in [0.25, 0.3) is 0 Å². The molecule has 0 amide bonds. The summed E-state index contributed by atoms with van der Waals surface area (Å²) in [5.74, 6) is -0.0785. The predicted octanol–water partition coefficient (Wildman–Crippen LogP) is 2.48. The van der Waals surface area contributed by atoms with Crippen LogP contribution in [0.3, 0.4) is 0 Å². The Balaban J connectivity index is 2.06. The fourth-order valence-electron chi connectivity index (χ4n) is 2.44. The van der Waals surface area contributed by atoms with Crippen LogP contribution < -0.4 is 4.72 Å². The summed E-state index contributed by atoms with van der Waals surface area (Å²) in [6.45, 7) is 1.97. The monoisotopic (exact) mass is 396 g/mol. The lowest BCUT2D eigenvalue weighted by Gasteiger charge is -2.13. The topological polar surface area (TPSA) is 83.5 Å². The summed E-state index contributed by atoms with van der Waals surface area (Å²) in [6.07, 6.45) is 1.03. The highest BCUT2D eigenvalue weighted by Crippen LogP contribution is 2.18. The average Bonchev–Trinajstić information content (AvgIpc) is 2.60. The molecule has 26 heavy (non-hydrogen) atoms. The van der Waals surface area contributed by atoms with E-state index in [9.17, 15) is 16.8 Å². The number of aryl methyl sites for hydroxylation is 2. The van der Waals surface area contributed by atoms with Gasteiger partial charge in [0.15, 0.2) is 0 Å². The van der Waals surface area contributed by atoms with Crippen molar-refractivity contribution in [3.05, 3.63) is 59.7 Å². The Morgan fingerprint density at radius 2 is 1.54 bits per heavy atom. The van der Waals surface area contributed by atoms with Crippen LogP contribution in [0.5, 0.6) is 0 Å². The van der Waals surface area contributed by atoms with Crippen LogP contribution in [0.2, 0.25) is 0 Å². The standard InChI is InChI=1S/C18H24N2O4S2/c1-4-16-7-5-6-8-18(16)19-25(21,22)14-13-15-9-11-17(12-10-15)26(23,24)20(2)3/h5-12,19H,4,13-14H2,1-3H3. The van der Waals surface area contributed by atoms with E-state index in [4.69, 9.17) is 0 Å². The summed E-state index contributed by atoms with van der Waals surface area (Å²) in [7, 11) is -4.04. The van der Waals surface area contributed by atoms with Crippen molar-refractivity contribution in [1.29, 1.82) is 0 Å². The molecule has 0 heterocycles. The highest BCUT2D eigenvalue weighted by molar-refractivity contribution is 7.92. The summed E-state index contributed by atoms with van der Waals surface area (Å²) in [5, 5.41) is 0. The summed E-state index contributed by atoms with van der Waals surface area (Å²) in [6, 6.07) is 13.6. The van der Waals surface area contributed by atoms with Crippen molar-refractivity contribution in [3.8, 4) is 0 Å². The molecule has 0 atom stereocenters. The van der Waals surface area contributed by atoms with Crippen LogP contribution in [0.4, 0.5) is 5.69 Å². The maximum Gasteiger partial charge on any atom is 0.242 e. The van der Waals surface area contributed by atoms with Crippen molar-refractivity contribution in [2.24, 2.45) is 0 Å². The number of hydrogen-bond donors (Lipinski definition) is 1. The first-order chi connectivity index (χ1) is 12.2. The van der Waals surface area contributed by atoms with E-state index in [0.29, 0.717) is 12.1 Å². The summed E-state index contributed by atoms with van der Waals surface area (Å²) < 4.78 is 52.5. The van der Waals surface area contributed by atoms with Crippen LogP contribution in [-0.4, -0.2) is 41.0 Å². The molecule has 0 fully saturated rings. The third-order valence-corrected chi connectivity index (χ3v) is 7.13. The fraction of sp³-hybridized carbons (Fsp3) is 0.333. The van der Waals surface area contributed by atoms with Gasteiger partial charge in [0.1, 0.15) is 0 Å². The van der Waals surface area contributed by atoms with E-state index in [2.05, 4.69) is 4.72 Å². The Labute approximate surface area is 156 Å². The van der Waals surface area contributed by atoms with Gasteiger partial charge < -0.3 is 0 Å². The number of nitrogens with one attached hydrogen (secondary N) is 1. The van der Waals surface area contributed by atoms with E-state index in [-0.39, 0.29) is 10.6 Å². The molecule has 2 aromatic carbocycles. The second-order valence-corrected chi connectivity index (χ2v) is 10.1. The minimum atomic E-state index is -3.49. The maximum atomic E-state index is 12.3. The second kappa shape index (κ2) is 8.20. The number of nitrogens with zero attached hydrogens (tertiary/aromatic N) is 1. The summed E-state index contributed by atoms with van der Waals surface area (Å²) in [5.41, 5.74) is 2.30. The molecule has 0 radical (unpaired) electrons. The van der Waals surface area contributed by atoms with Crippen molar-refractivity contribution in [3.63, 3.8) is 0 Å². The van der Waals surface area contributed by atoms with Gasteiger partial charge in [0.25, 0.3) is 0 Å². The lowest BCUT2D eigenvalue weighted by Crippen LogP contribution is -2.22. The molecule has 0 spiro atoms. The van der Waals surface area contributed by atoms with Gasteiger partial charge in [-0.1, -0.05) is 37.3 Å². The summed E-state index contributed by atoms with van der Waals surface area (Å²) >= 11 is 0. The van der Waals surface area contributed by atoms with Gasteiger partial charge in [0.2, 0.25) is 20.0 Å². The Morgan fingerprint density at radius 1 is 0.923 bits per heavy atom. The van der Waals surface area contributed by atoms with E-state index < -0.39 is 20.0 Å². The van der Waals surface area contributed by atoms with Crippen molar-refractivity contribution in [2.45, 2.75) is 24.7 Å². The SMILES string of the molecule is CCc1ccccc1NS(=O)(=O)CCc1ccc(S(=O)(=O)N(C)C)cc1. The Bertz CT molecular complexity index is 951. The molecule has 0 aromatic heterocycles. The maximum absolute atomic E-state index is 12.3. The minimum absolute atomic E-state index is 0.0785. The van der Waals surface area contributed by atoms with E-state index in [1.54, 1.807) is 24.3 Å². The molecule has 142 valence electrons. The molecule has 2 aromatic rings. The van der Waals surface area contributed by atoms with Crippen LogP contribution >= 0.6 is 0 Å². The largest absolute Gasteiger partial charge is 0.283 e. The molecule has 2 rings (SSSR count). The smallest absolute Gasteiger partial charge is 0.242 e. The molecular weight excluding hydrogens is 372 g/mol. The van der Waals surface area contributed by atoms with Gasteiger partial charge in [0.05, 0.1) is 16.3 Å². The van der Waals surface area contributed by atoms with Gasteiger partial charge in [-0.3, -0.25) is 4.72 Å². The normalized spacial score (nSPS) is 12.3. The van der Waals surface area contributed by atoms with Gasteiger partial charge in [-0.2, -0.15) is 0 Å². The Morgan fingerprint density at radius 3 is 2.12 bits per heavy atom. The third kappa shape index (κ3) is 5.06. The first-order valence-corrected chi connectivity index (χ1v) is 11.3. The zero-order valence-corrected chi connectivity index (χ0v) is 16.8. The fourth-order valence-corrected chi connectivity index (χ4v) is 4.48. The lowest BCUT2D eigenvalue weighted by atomic mass is 10.1. The highest BCUT2D eigenvalue weighted by Gasteiger charge is 2.17. The van der Waals surface area contributed by atoms with Gasteiger partial charge in [0, 0.05) is 14.1 Å². The van der Waals surface area contributed by atoms with Gasteiger partial charge in [-0.15, -0.1) is 0 Å². The molecule has 1 N–H and O–H groups in total. The zero-order valence-electron chi connectivity index (χ0n) is 15.1. The molecule has 8 heteroatoms. The molecule has 6 nitrogen and oxygen atoms in total. The van der Waals surface area contributed by atoms with Crippen molar-refractivity contribution < 1.29 is 16.8 Å². The summed E-state index contributed by atoms with van der Waals surface area (Å²) in [4.78, 5) is 0.184. The van der Waals surface area contributed by atoms with Crippen LogP contribution in [-0.2, 0) is 32.9 Å². The number of benzene rings is 2. The average molecular weight is 397 g/mol. The Kier molecular flexibility index (Phi) is 6.44. The molecule has 0 saturated carbocycles. The predicted molar refractivity (Wildman–Crippen MR) is 104 cm³/mol. The first kappa shape index (κ1) is 20.4. The van der Waals surface area contributed by atoms with Crippen LogP contribution in [0, 0.1) is 0 Å². The second-order valence-electron chi connectivity index (χ2n) is 6.11. The van der Waals surface area contributed by atoms with E-state index in [1.807, 2.05) is 19.1 Å². The molecular formula is C18H24N2O4S2. The van der Waals surface area contributed by atoms with Gasteiger partial charge in [-0.05, 0) is 42.2 Å². The number of anilines is 1. The molecule has 0 aliphatic heterocycles. The first-order valence-electron chi connectivity index (χ1n) is 8.25. The van der Waals surface area contributed by atoms with Crippen LogP contribution in [0.15, 0.2) is 53.4 Å². The molecule has 0 aliphatic carbocycles. The third-order valence-electron chi connectivity index (χ3n) is 4.03. The number of sulfonamides is 2. The van der Waals surface area contributed by atoms with Crippen LogP contribution in [0.1, 0.15) is 18.1 Å². The van der Waals surface area contributed by atoms with Crippen molar-refractivity contribution in [1.82, 2.24) is 4.31 Å².